The molecule has 0 aliphatic carbocycles. The van der Waals surface area contributed by atoms with Gasteiger partial charge in [0.2, 0.25) is 0 Å². The number of carboxylic acid groups (broad SMARTS) is 1. The molecule has 0 bridgehead atoms. The maximum atomic E-state index is 12.7. The minimum absolute atomic E-state index is 0.0621. The van der Waals surface area contributed by atoms with E-state index in [2.05, 4.69) is 11.1 Å². The van der Waals surface area contributed by atoms with Crippen LogP contribution in [0.3, 0.4) is 0 Å². The van der Waals surface area contributed by atoms with E-state index in [1.54, 1.807) is 42.5 Å². The normalized spacial score (nSPS) is 10.6. The molecule has 0 atom stereocenters. The minimum atomic E-state index is -0.970. The van der Waals surface area contributed by atoms with E-state index >= 15 is 0 Å². The molecule has 1 heterocycles. The second kappa shape index (κ2) is 7.85. The first kappa shape index (κ1) is 17.7. The van der Waals surface area contributed by atoms with Gasteiger partial charge in [0.05, 0.1) is 29.0 Å². The number of para-hydroxylation sites is 1. The Morgan fingerprint density at radius 2 is 2.04 bits per heavy atom. The molecule has 1 N–H and O–H groups in total. The SMILES string of the molecule is N#Cc1cccc(CSc2nc3ccccc3c(=O)n2CCC(=O)O)c1. The van der Waals surface area contributed by atoms with Gasteiger partial charge in [-0.15, -0.1) is 0 Å². The Hall–Kier alpha value is -3.11. The van der Waals surface area contributed by atoms with Gasteiger partial charge >= 0.3 is 5.97 Å². The largest absolute Gasteiger partial charge is 0.481 e. The first-order valence-corrected chi connectivity index (χ1v) is 8.90. The summed E-state index contributed by atoms with van der Waals surface area (Å²) in [5.74, 6) is -0.448. The van der Waals surface area contributed by atoms with Gasteiger partial charge in [0.1, 0.15) is 0 Å². The topological polar surface area (TPSA) is 96.0 Å². The summed E-state index contributed by atoms with van der Waals surface area (Å²) in [6.45, 7) is 0.0621. The molecule has 0 aliphatic rings. The molecule has 0 fully saturated rings. The van der Waals surface area contributed by atoms with Crippen LogP contribution in [0.15, 0.2) is 58.5 Å². The molecule has 2 aromatic carbocycles. The summed E-state index contributed by atoms with van der Waals surface area (Å²) < 4.78 is 1.41. The third kappa shape index (κ3) is 3.92. The van der Waals surface area contributed by atoms with Gasteiger partial charge in [0.15, 0.2) is 5.16 Å². The lowest BCUT2D eigenvalue weighted by Crippen LogP contribution is -2.24. The van der Waals surface area contributed by atoms with E-state index in [1.807, 2.05) is 6.07 Å². The van der Waals surface area contributed by atoms with E-state index in [4.69, 9.17) is 10.4 Å². The molecule has 0 radical (unpaired) electrons. The molecule has 3 aromatic rings. The van der Waals surface area contributed by atoms with Gasteiger partial charge < -0.3 is 5.11 Å². The highest BCUT2D eigenvalue weighted by atomic mass is 32.2. The minimum Gasteiger partial charge on any atom is -0.481 e. The second-order valence-corrected chi connectivity index (χ2v) is 6.56. The molecule has 1 aromatic heterocycles. The number of fused-ring (bicyclic) bond motifs is 1. The van der Waals surface area contributed by atoms with Crippen molar-refractivity contribution >= 4 is 28.6 Å². The van der Waals surface area contributed by atoms with E-state index in [9.17, 15) is 9.59 Å². The van der Waals surface area contributed by atoms with Crippen LogP contribution in [0.4, 0.5) is 0 Å². The van der Waals surface area contributed by atoms with Crippen LogP contribution < -0.4 is 5.56 Å². The summed E-state index contributed by atoms with van der Waals surface area (Å²) in [4.78, 5) is 28.2. The zero-order chi connectivity index (χ0) is 18.5. The van der Waals surface area contributed by atoms with Crippen LogP contribution in [0.2, 0.25) is 0 Å². The van der Waals surface area contributed by atoms with Gasteiger partial charge in [-0.1, -0.05) is 36.0 Å². The molecule has 0 spiro atoms. The Kier molecular flexibility index (Phi) is 5.34. The number of hydrogen-bond donors (Lipinski definition) is 1. The molecule has 0 amide bonds. The van der Waals surface area contributed by atoms with Gasteiger partial charge in [0, 0.05) is 12.3 Å². The van der Waals surface area contributed by atoms with Crippen molar-refractivity contribution < 1.29 is 9.90 Å². The molecule has 0 saturated heterocycles. The first-order chi connectivity index (χ1) is 12.6. The summed E-state index contributed by atoms with van der Waals surface area (Å²) in [5.41, 5.74) is 1.83. The van der Waals surface area contributed by atoms with Crippen LogP contribution >= 0.6 is 11.8 Å². The average molecular weight is 365 g/mol. The number of rotatable bonds is 6. The van der Waals surface area contributed by atoms with Crippen molar-refractivity contribution in [2.45, 2.75) is 23.9 Å². The third-order valence-electron chi connectivity index (χ3n) is 3.80. The lowest BCUT2D eigenvalue weighted by atomic mass is 10.2. The number of carbonyl (C=O) groups is 1. The fourth-order valence-electron chi connectivity index (χ4n) is 2.54. The highest BCUT2D eigenvalue weighted by Gasteiger charge is 2.13. The second-order valence-electron chi connectivity index (χ2n) is 5.61. The Morgan fingerprint density at radius 1 is 1.23 bits per heavy atom. The zero-order valence-electron chi connectivity index (χ0n) is 13.8. The molecule has 7 heteroatoms. The highest BCUT2D eigenvalue weighted by Crippen LogP contribution is 2.23. The zero-order valence-corrected chi connectivity index (χ0v) is 14.6. The van der Waals surface area contributed by atoms with Crippen LogP contribution in [0.1, 0.15) is 17.5 Å². The molecule has 26 heavy (non-hydrogen) atoms. The predicted octanol–water partition coefficient (Wildman–Crippen LogP) is 3.04. The predicted molar refractivity (Wildman–Crippen MR) is 99.0 cm³/mol. The molecule has 130 valence electrons. The van der Waals surface area contributed by atoms with Gasteiger partial charge in [-0.05, 0) is 29.8 Å². The van der Waals surface area contributed by atoms with Crippen LogP contribution in [-0.4, -0.2) is 20.6 Å². The van der Waals surface area contributed by atoms with Gasteiger partial charge in [-0.2, -0.15) is 5.26 Å². The monoisotopic (exact) mass is 365 g/mol. The van der Waals surface area contributed by atoms with E-state index in [0.29, 0.717) is 27.4 Å². The number of nitrogens with zero attached hydrogens (tertiary/aromatic N) is 3. The Balaban J connectivity index is 1.97. The number of aliphatic carboxylic acids is 1. The Morgan fingerprint density at radius 3 is 2.81 bits per heavy atom. The Labute approximate surface area is 153 Å². The van der Waals surface area contributed by atoms with E-state index in [1.165, 1.54) is 16.3 Å². The van der Waals surface area contributed by atoms with Crippen molar-refractivity contribution in [1.29, 1.82) is 5.26 Å². The fourth-order valence-corrected chi connectivity index (χ4v) is 3.51. The lowest BCUT2D eigenvalue weighted by Gasteiger charge is -2.12. The van der Waals surface area contributed by atoms with Gasteiger partial charge in [-0.3, -0.25) is 14.2 Å². The summed E-state index contributed by atoms with van der Waals surface area (Å²) >= 11 is 1.35. The van der Waals surface area contributed by atoms with Crippen LogP contribution in [0, 0.1) is 11.3 Å². The molecular weight excluding hydrogens is 350 g/mol. The smallest absolute Gasteiger partial charge is 0.305 e. The summed E-state index contributed by atoms with van der Waals surface area (Å²) in [6.07, 6.45) is -0.155. The number of aromatic nitrogens is 2. The summed E-state index contributed by atoms with van der Waals surface area (Å²) in [5, 5.41) is 18.9. The lowest BCUT2D eigenvalue weighted by molar-refractivity contribution is -0.137. The fraction of sp³-hybridized carbons (Fsp3) is 0.158. The molecule has 3 rings (SSSR count). The van der Waals surface area contributed by atoms with Crippen molar-refractivity contribution in [2.24, 2.45) is 0 Å². The maximum Gasteiger partial charge on any atom is 0.305 e. The van der Waals surface area contributed by atoms with Gasteiger partial charge in [0.25, 0.3) is 5.56 Å². The van der Waals surface area contributed by atoms with Crippen molar-refractivity contribution in [3.05, 3.63) is 70.0 Å². The first-order valence-electron chi connectivity index (χ1n) is 7.91. The van der Waals surface area contributed by atoms with Crippen molar-refractivity contribution in [3.8, 4) is 6.07 Å². The molecule has 0 aliphatic heterocycles. The van der Waals surface area contributed by atoms with Crippen LogP contribution in [0.5, 0.6) is 0 Å². The number of carboxylic acids is 1. The number of benzene rings is 2. The third-order valence-corrected chi connectivity index (χ3v) is 4.85. The summed E-state index contributed by atoms with van der Waals surface area (Å²) in [6, 6.07) is 16.3. The van der Waals surface area contributed by atoms with Crippen molar-refractivity contribution in [2.75, 3.05) is 0 Å². The molecule has 0 saturated carbocycles. The average Bonchev–Trinajstić information content (AvgIpc) is 2.66. The van der Waals surface area contributed by atoms with Crippen molar-refractivity contribution in [1.82, 2.24) is 9.55 Å². The number of hydrogen-bond acceptors (Lipinski definition) is 5. The van der Waals surface area contributed by atoms with E-state index < -0.39 is 5.97 Å². The molecular formula is C19H15N3O3S. The molecule has 6 nitrogen and oxygen atoms in total. The van der Waals surface area contributed by atoms with Gasteiger partial charge in [-0.25, -0.2) is 4.98 Å². The number of nitriles is 1. The van der Waals surface area contributed by atoms with Crippen LogP contribution in [-0.2, 0) is 17.1 Å². The van der Waals surface area contributed by atoms with Crippen molar-refractivity contribution in [3.63, 3.8) is 0 Å². The standard InChI is InChI=1S/C19H15N3O3S/c20-11-13-4-3-5-14(10-13)12-26-19-21-16-7-2-1-6-15(16)18(25)22(19)9-8-17(23)24/h1-7,10H,8-9,12H2,(H,23,24). The quantitative estimate of drug-likeness (QED) is 0.533. The van der Waals surface area contributed by atoms with Crippen LogP contribution in [0.25, 0.3) is 10.9 Å². The van der Waals surface area contributed by atoms with E-state index in [-0.39, 0.29) is 18.5 Å². The summed E-state index contributed by atoms with van der Waals surface area (Å²) in [7, 11) is 0. The highest BCUT2D eigenvalue weighted by molar-refractivity contribution is 7.98. The Bertz CT molecular complexity index is 1070. The molecule has 0 unspecified atom stereocenters. The van der Waals surface area contributed by atoms with E-state index in [0.717, 1.165) is 5.56 Å². The maximum absolute atomic E-state index is 12.7. The number of thioether (sulfide) groups is 1.